The smallest absolute Gasteiger partial charge is 0.213 e. The van der Waals surface area contributed by atoms with Gasteiger partial charge in [0, 0.05) is 50.1 Å². The number of hydrogen-bond acceptors (Lipinski definition) is 7. The summed E-state index contributed by atoms with van der Waals surface area (Å²) in [6, 6.07) is 16.2. The van der Waals surface area contributed by atoms with Crippen molar-refractivity contribution in [2.45, 2.75) is 52.7 Å². The van der Waals surface area contributed by atoms with Gasteiger partial charge in [0.25, 0.3) is 0 Å². The SMILES string of the molecule is CCO.CCc1cnn2c(NCc3ccc(OCc4ccccc4)nc3)cc(N3CCCCC3)nc12. The molecule has 36 heavy (non-hydrogen) atoms. The minimum Gasteiger partial charge on any atom is -0.473 e. The maximum Gasteiger partial charge on any atom is 0.213 e. The van der Waals surface area contributed by atoms with Crippen molar-refractivity contribution >= 4 is 17.3 Å². The van der Waals surface area contributed by atoms with Gasteiger partial charge in [0.2, 0.25) is 5.88 Å². The van der Waals surface area contributed by atoms with E-state index in [2.05, 4.69) is 33.3 Å². The lowest BCUT2D eigenvalue weighted by atomic mass is 10.1. The first-order valence-electron chi connectivity index (χ1n) is 12.8. The molecular formula is C28H36N6O2. The van der Waals surface area contributed by atoms with Gasteiger partial charge in [-0.25, -0.2) is 9.97 Å². The van der Waals surface area contributed by atoms with Crippen molar-refractivity contribution in [1.29, 1.82) is 0 Å². The van der Waals surface area contributed by atoms with E-state index in [1.807, 2.05) is 59.4 Å². The summed E-state index contributed by atoms with van der Waals surface area (Å²) in [4.78, 5) is 11.8. The maximum absolute atomic E-state index is 7.57. The molecule has 0 unspecified atom stereocenters. The number of rotatable bonds is 8. The first-order valence-corrected chi connectivity index (χ1v) is 12.8. The average molecular weight is 489 g/mol. The molecule has 1 aliphatic heterocycles. The van der Waals surface area contributed by atoms with Crippen molar-refractivity contribution in [3.05, 3.63) is 77.6 Å². The largest absolute Gasteiger partial charge is 0.473 e. The number of ether oxygens (including phenoxy) is 1. The average Bonchev–Trinajstić information content (AvgIpc) is 3.36. The number of nitrogens with one attached hydrogen (secondary N) is 1. The fourth-order valence-electron chi connectivity index (χ4n) is 4.18. The van der Waals surface area contributed by atoms with E-state index in [1.165, 1.54) is 24.8 Å². The Kier molecular flexibility index (Phi) is 9.10. The van der Waals surface area contributed by atoms with Crippen molar-refractivity contribution in [2.24, 2.45) is 0 Å². The van der Waals surface area contributed by atoms with Gasteiger partial charge in [-0.15, -0.1) is 0 Å². The molecule has 0 aliphatic carbocycles. The molecule has 2 N–H and O–H groups in total. The first kappa shape index (κ1) is 25.4. The van der Waals surface area contributed by atoms with E-state index in [1.54, 1.807) is 6.92 Å². The second-order valence-electron chi connectivity index (χ2n) is 8.75. The van der Waals surface area contributed by atoms with Crippen LogP contribution in [-0.4, -0.2) is 44.4 Å². The summed E-state index contributed by atoms with van der Waals surface area (Å²) in [6.45, 7) is 7.36. The van der Waals surface area contributed by atoms with Gasteiger partial charge in [-0.1, -0.05) is 43.3 Å². The Balaban J connectivity index is 0.000000967. The van der Waals surface area contributed by atoms with Crippen LogP contribution in [0.2, 0.25) is 0 Å². The molecule has 8 nitrogen and oxygen atoms in total. The second kappa shape index (κ2) is 12.9. The number of hydrogen-bond donors (Lipinski definition) is 2. The Hall–Kier alpha value is -3.65. The van der Waals surface area contributed by atoms with Gasteiger partial charge < -0.3 is 20.1 Å². The van der Waals surface area contributed by atoms with Crippen LogP contribution in [0, 0.1) is 0 Å². The number of aromatic nitrogens is 4. The zero-order valence-electron chi connectivity index (χ0n) is 21.2. The Bertz CT molecular complexity index is 1200. The molecule has 190 valence electrons. The highest BCUT2D eigenvalue weighted by atomic mass is 16.5. The van der Waals surface area contributed by atoms with Crippen LogP contribution in [0.3, 0.4) is 0 Å². The molecule has 0 bridgehead atoms. The molecule has 4 heterocycles. The lowest BCUT2D eigenvalue weighted by molar-refractivity contribution is 0.294. The number of pyridine rings is 1. The highest BCUT2D eigenvalue weighted by molar-refractivity contribution is 5.61. The van der Waals surface area contributed by atoms with E-state index in [-0.39, 0.29) is 6.61 Å². The molecule has 3 aromatic heterocycles. The normalized spacial score (nSPS) is 13.2. The molecule has 1 aliphatic rings. The number of aryl methyl sites for hydroxylation is 1. The fraction of sp³-hybridized carbons (Fsp3) is 0.393. The summed E-state index contributed by atoms with van der Waals surface area (Å²) in [5.74, 6) is 2.60. The number of fused-ring (bicyclic) bond motifs is 1. The van der Waals surface area contributed by atoms with Gasteiger partial charge in [-0.05, 0) is 43.7 Å². The number of nitrogens with zero attached hydrogens (tertiary/aromatic N) is 5. The van der Waals surface area contributed by atoms with Crippen molar-refractivity contribution in [3.8, 4) is 5.88 Å². The zero-order chi connectivity index (χ0) is 25.2. The Morgan fingerprint density at radius 1 is 0.972 bits per heavy atom. The molecule has 5 rings (SSSR count). The molecule has 8 heteroatoms. The number of benzene rings is 1. The summed E-state index contributed by atoms with van der Waals surface area (Å²) in [5, 5.41) is 15.7. The quantitative estimate of drug-likeness (QED) is 0.366. The fourth-order valence-corrected chi connectivity index (χ4v) is 4.18. The van der Waals surface area contributed by atoms with E-state index < -0.39 is 0 Å². The van der Waals surface area contributed by atoms with E-state index in [0.717, 1.165) is 47.9 Å². The van der Waals surface area contributed by atoms with Crippen LogP contribution in [0.5, 0.6) is 5.88 Å². The highest BCUT2D eigenvalue weighted by Crippen LogP contribution is 2.25. The van der Waals surface area contributed by atoms with Crippen molar-refractivity contribution < 1.29 is 9.84 Å². The zero-order valence-corrected chi connectivity index (χ0v) is 21.2. The standard InChI is InChI=1S/C26H30N6O.C2H6O/c1-2-22-18-29-32-23(15-24(30-26(22)32)31-13-7-4-8-14-31)27-16-21-11-12-25(28-17-21)33-19-20-9-5-3-6-10-20;1-2-3/h3,5-6,9-12,15,17-18,27H,2,4,7-8,13-14,16,19H2,1H3;3H,2H2,1H3. The van der Waals surface area contributed by atoms with Crippen LogP contribution in [0.25, 0.3) is 5.65 Å². The number of anilines is 2. The van der Waals surface area contributed by atoms with E-state index >= 15 is 0 Å². The van der Waals surface area contributed by atoms with Gasteiger partial charge in [0.15, 0.2) is 5.65 Å². The monoisotopic (exact) mass is 488 g/mol. The molecule has 1 saturated heterocycles. The lowest BCUT2D eigenvalue weighted by Crippen LogP contribution is -2.30. The Labute approximate surface area is 213 Å². The number of aliphatic hydroxyl groups is 1. The summed E-state index contributed by atoms with van der Waals surface area (Å²) >= 11 is 0. The third kappa shape index (κ3) is 6.51. The van der Waals surface area contributed by atoms with Crippen LogP contribution in [0.1, 0.15) is 49.8 Å². The van der Waals surface area contributed by atoms with Crippen LogP contribution >= 0.6 is 0 Å². The van der Waals surface area contributed by atoms with Gasteiger partial charge in [0.05, 0.1) is 6.20 Å². The van der Waals surface area contributed by atoms with Gasteiger partial charge in [0.1, 0.15) is 18.2 Å². The molecular weight excluding hydrogens is 452 g/mol. The third-order valence-electron chi connectivity index (χ3n) is 6.09. The highest BCUT2D eigenvalue weighted by Gasteiger charge is 2.17. The molecule has 1 fully saturated rings. The van der Waals surface area contributed by atoms with Crippen LogP contribution < -0.4 is 15.0 Å². The van der Waals surface area contributed by atoms with Crippen LogP contribution in [0.4, 0.5) is 11.6 Å². The Morgan fingerprint density at radius 3 is 2.44 bits per heavy atom. The molecule has 0 radical (unpaired) electrons. The minimum atomic E-state index is 0.250. The predicted octanol–water partition coefficient (Wildman–Crippen LogP) is 4.87. The first-order chi connectivity index (χ1) is 17.7. The van der Waals surface area contributed by atoms with E-state index in [0.29, 0.717) is 19.0 Å². The topological polar surface area (TPSA) is 87.8 Å². The molecule has 1 aromatic carbocycles. The molecule has 4 aromatic rings. The molecule has 0 amide bonds. The summed E-state index contributed by atoms with van der Waals surface area (Å²) in [6.07, 6.45) is 8.44. The van der Waals surface area contributed by atoms with Crippen LogP contribution in [-0.2, 0) is 19.6 Å². The molecule has 0 atom stereocenters. The minimum absolute atomic E-state index is 0.250. The summed E-state index contributed by atoms with van der Waals surface area (Å²) in [5.41, 5.74) is 4.31. The summed E-state index contributed by atoms with van der Waals surface area (Å²) < 4.78 is 7.72. The third-order valence-corrected chi connectivity index (χ3v) is 6.09. The van der Waals surface area contributed by atoms with Crippen molar-refractivity contribution in [1.82, 2.24) is 19.6 Å². The van der Waals surface area contributed by atoms with E-state index in [9.17, 15) is 0 Å². The second-order valence-corrected chi connectivity index (χ2v) is 8.75. The lowest BCUT2D eigenvalue weighted by Gasteiger charge is -2.28. The molecule has 0 saturated carbocycles. The van der Waals surface area contributed by atoms with Gasteiger partial charge >= 0.3 is 0 Å². The van der Waals surface area contributed by atoms with Crippen LogP contribution in [0.15, 0.2) is 60.9 Å². The number of piperidine rings is 1. The van der Waals surface area contributed by atoms with Gasteiger partial charge in [-0.3, -0.25) is 0 Å². The maximum atomic E-state index is 7.57. The molecule has 0 spiro atoms. The number of aliphatic hydroxyl groups excluding tert-OH is 1. The summed E-state index contributed by atoms with van der Waals surface area (Å²) in [7, 11) is 0. The van der Waals surface area contributed by atoms with Crippen molar-refractivity contribution in [2.75, 3.05) is 29.9 Å². The van der Waals surface area contributed by atoms with Gasteiger partial charge in [-0.2, -0.15) is 9.61 Å². The Morgan fingerprint density at radius 2 is 1.75 bits per heavy atom. The van der Waals surface area contributed by atoms with E-state index in [4.69, 9.17) is 14.8 Å². The predicted molar refractivity (Wildman–Crippen MR) is 144 cm³/mol. The van der Waals surface area contributed by atoms with Crippen molar-refractivity contribution in [3.63, 3.8) is 0 Å².